The summed E-state index contributed by atoms with van der Waals surface area (Å²) in [5, 5.41) is 0. The standard InChI is InChI=1S/C24H27F3N2O2/c1-18(20-7-3-2-4-8-20)29-16-23(13-22(29)30)15-28(10-11-31-17-23)14-19-6-5-9-21(12-19)24(25,26)27/h2-9,12,18H,10-11,13-17H2,1H3/t18-,23+/m1/s1. The van der Waals surface area contributed by atoms with Gasteiger partial charge in [-0.05, 0) is 24.1 Å². The van der Waals surface area contributed by atoms with E-state index in [1.807, 2.05) is 42.2 Å². The fourth-order valence-electron chi connectivity index (χ4n) is 4.72. The molecule has 0 N–H and O–H groups in total. The van der Waals surface area contributed by atoms with Gasteiger partial charge in [-0.2, -0.15) is 13.2 Å². The lowest BCUT2D eigenvalue weighted by atomic mass is 9.87. The van der Waals surface area contributed by atoms with Crippen LogP contribution in [0.2, 0.25) is 0 Å². The van der Waals surface area contributed by atoms with E-state index in [-0.39, 0.29) is 17.4 Å². The molecule has 166 valence electrons. The molecule has 2 saturated heterocycles. The molecule has 2 atom stereocenters. The SMILES string of the molecule is C[C@H](c1ccccc1)N1C[C@]2(COCCN(Cc3cccc(C(F)(F)F)c3)C2)CC1=O. The number of benzene rings is 2. The van der Waals surface area contributed by atoms with Crippen molar-refractivity contribution in [2.75, 3.05) is 32.8 Å². The van der Waals surface area contributed by atoms with Crippen molar-refractivity contribution in [3.63, 3.8) is 0 Å². The van der Waals surface area contributed by atoms with Crippen LogP contribution < -0.4 is 0 Å². The Morgan fingerprint density at radius 1 is 1.10 bits per heavy atom. The quantitative estimate of drug-likeness (QED) is 0.712. The number of carbonyl (C=O) groups excluding carboxylic acids is 1. The maximum atomic E-state index is 13.1. The molecule has 4 rings (SSSR count). The van der Waals surface area contributed by atoms with E-state index in [1.165, 1.54) is 12.1 Å². The highest BCUT2D eigenvalue weighted by Gasteiger charge is 2.47. The number of rotatable bonds is 4. The van der Waals surface area contributed by atoms with Crippen LogP contribution in [-0.2, 0) is 22.3 Å². The van der Waals surface area contributed by atoms with Gasteiger partial charge in [0.15, 0.2) is 0 Å². The predicted octanol–water partition coefficient (Wildman–Crippen LogP) is 4.52. The molecule has 31 heavy (non-hydrogen) atoms. The van der Waals surface area contributed by atoms with Gasteiger partial charge in [-0.15, -0.1) is 0 Å². The Bertz CT molecular complexity index is 919. The molecule has 0 radical (unpaired) electrons. The molecule has 0 aliphatic carbocycles. The highest BCUT2D eigenvalue weighted by Crippen LogP contribution is 2.39. The number of hydrogen-bond acceptors (Lipinski definition) is 3. The molecule has 0 aromatic heterocycles. The lowest BCUT2D eigenvalue weighted by molar-refractivity contribution is -0.137. The van der Waals surface area contributed by atoms with Gasteiger partial charge in [0, 0.05) is 38.0 Å². The number of amides is 1. The minimum absolute atomic E-state index is 0.0340. The molecule has 2 fully saturated rings. The fourth-order valence-corrected chi connectivity index (χ4v) is 4.72. The second-order valence-electron chi connectivity index (χ2n) is 8.75. The van der Waals surface area contributed by atoms with Crippen molar-refractivity contribution in [1.29, 1.82) is 0 Å². The smallest absolute Gasteiger partial charge is 0.379 e. The zero-order valence-corrected chi connectivity index (χ0v) is 17.6. The van der Waals surface area contributed by atoms with E-state index >= 15 is 0 Å². The van der Waals surface area contributed by atoms with Gasteiger partial charge in [0.05, 0.1) is 24.8 Å². The molecule has 0 saturated carbocycles. The topological polar surface area (TPSA) is 32.8 Å². The summed E-state index contributed by atoms with van der Waals surface area (Å²) < 4.78 is 45.1. The number of ether oxygens (including phenoxy) is 1. The maximum Gasteiger partial charge on any atom is 0.416 e. The predicted molar refractivity (Wildman–Crippen MR) is 111 cm³/mol. The summed E-state index contributed by atoms with van der Waals surface area (Å²) in [6.45, 7) is 5.25. The van der Waals surface area contributed by atoms with Crippen LogP contribution in [0, 0.1) is 5.41 Å². The van der Waals surface area contributed by atoms with Gasteiger partial charge >= 0.3 is 6.18 Å². The zero-order valence-electron chi connectivity index (χ0n) is 17.6. The van der Waals surface area contributed by atoms with Crippen LogP contribution in [-0.4, -0.2) is 48.6 Å². The lowest BCUT2D eigenvalue weighted by Gasteiger charge is -2.33. The van der Waals surface area contributed by atoms with Crippen LogP contribution >= 0.6 is 0 Å². The van der Waals surface area contributed by atoms with E-state index in [1.54, 1.807) is 6.07 Å². The Kier molecular flexibility index (Phi) is 6.08. The summed E-state index contributed by atoms with van der Waals surface area (Å²) in [6, 6.07) is 15.4. The van der Waals surface area contributed by atoms with Crippen molar-refractivity contribution in [3.05, 3.63) is 71.3 Å². The zero-order chi connectivity index (χ0) is 22.1. The first-order chi connectivity index (χ1) is 14.8. The molecule has 1 amide bonds. The van der Waals surface area contributed by atoms with Crippen molar-refractivity contribution >= 4 is 5.91 Å². The Hall–Kier alpha value is -2.38. The van der Waals surface area contributed by atoms with Gasteiger partial charge in [0.2, 0.25) is 5.91 Å². The third kappa shape index (κ3) is 4.93. The normalized spacial score (nSPS) is 23.9. The van der Waals surface area contributed by atoms with Gasteiger partial charge < -0.3 is 9.64 Å². The molecule has 2 aromatic carbocycles. The first-order valence-electron chi connectivity index (χ1n) is 10.6. The average molecular weight is 432 g/mol. The summed E-state index contributed by atoms with van der Waals surface area (Å²) in [5.74, 6) is 0.0980. The highest BCUT2D eigenvalue weighted by atomic mass is 19.4. The highest BCUT2D eigenvalue weighted by molar-refractivity contribution is 5.80. The van der Waals surface area contributed by atoms with Crippen LogP contribution in [0.15, 0.2) is 54.6 Å². The Labute approximate surface area is 180 Å². The number of alkyl halides is 3. The third-order valence-corrected chi connectivity index (χ3v) is 6.28. The molecule has 2 aromatic rings. The minimum Gasteiger partial charge on any atom is -0.379 e. The lowest BCUT2D eigenvalue weighted by Crippen LogP contribution is -2.40. The summed E-state index contributed by atoms with van der Waals surface area (Å²) in [6.07, 6.45) is -3.96. The van der Waals surface area contributed by atoms with Crippen LogP contribution in [0.3, 0.4) is 0 Å². The van der Waals surface area contributed by atoms with E-state index in [0.717, 1.165) is 11.6 Å². The number of likely N-dealkylation sites (tertiary alicyclic amines) is 1. The van der Waals surface area contributed by atoms with Gasteiger partial charge in [0.25, 0.3) is 0 Å². The summed E-state index contributed by atoms with van der Waals surface area (Å²) in [4.78, 5) is 16.9. The summed E-state index contributed by atoms with van der Waals surface area (Å²) >= 11 is 0. The van der Waals surface area contributed by atoms with Crippen LogP contribution in [0.5, 0.6) is 0 Å². The number of halogens is 3. The van der Waals surface area contributed by atoms with Gasteiger partial charge in [-0.3, -0.25) is 9.69 Å². The van der Waals surface area contributed by atoms with Crippen molar-refractivity contribution < 1.29 is 22.7 Å². The van der Waals surface area contributed by atoms with E-state index < -0.39 is 11.7 Å². The third-order valence-electron chi connectivity index (χ3n) is 6.28. The van der Waals surface area contributed by atoms with Gasteiger partial charge in [-0.25, -0.2) is 0 Å². The monoisotopic (exact) mass is 432 g/mol. The van der Waals surface area contributed by atoms with Crippen molar-refractivity contribution in [2.24, 2.45) is 5.41 Å². The number of hydrogen-bond donors (Lipinski definition) is 0. The van der Waals surface area contributed by atoms with Crippen molar-refractivity contribution in [1.82, 2.24) is 9.80 Å². The minimum atomic E-state index is -4.36. The van der Waals surface area contributed by atoms with E-state index in [0.29, 0.717) is 51.4 Å². The summed E-state index contributed by atoms with van der Waals surface area (Å²) in [7, 11) is 0. The summed E-state index contributed by atoms with van der Waals surface area (Å²) in [5.41, 5.74) is 0.719. The molecule has 4 nitrogen and oxygen atoms in total. The fraction of sp³-hybridized carbons (Fsp3) is 0.458. The molecular weight excluding hydrogens is 405 g/mol. The van der Waals surface area contributed by atoms with E-state index in [4.69, 9.17) is 4.74 Å². The Morgan fingerprint density at radius 3 is 2.61 bits per heavy atom. The molecule has 2 heterocycles. The van der Waals surface area contributed by atoms with Gasteiger partial charge in [-0.1, -0.05) is 48.5 Å². The molecule has 1 spiro atoms. The number of nitrogens with zero attached hydrogens (tertiary/aromatic N) is 2. The molecule has 0 bridgehead atoms. The van der Waals surface area contributed by atoms with E-state index in [9.17, 15) is 18.0 Å². The molecule has 7 heteroatoms. The van der Waals surface area contributed by atoms with Crippen LogP contribution in [0.4, 0.5) is 13.2 Å². The number of carbonyl (C=O) groups is 1. The van der Waals surface area contributed by atoms with Gasteiger partial charge in [0.1, 0.15) is 0 Å². The van der Waals surface area contributed by atoms with Crippen molar-refractivity contribution in [3.8, 4) is 0 Å². The maximum absolute atomic E-state index is 13.1. The molecule has 2 aliphatic heterocycles. The first kappa shape index (κ1) is 21.8. The van der Waals surface area contributed by atoms with Crippen LogP contribution in [0.1, 0.15) is 36.1 Å². The Balaban J connectivity index is 1.49. The molecule has 0 unspecified atom stereocenters. The largest absolute Gasteiger partial charge is 0.416 e. The Morgan fingerprint density at radius 2 is 1.87 bits per heavy atom. The second kappa shape index (κ2) is 8.63. The second-order valence-corrected chi connectivity index (χ2v) is 8.75. The molecular formula is C24H27F3N2O2. The average Bonchev–Trinajstić information content (AvgIpc) is 2.93. The van der Waals surface area contributed by atoms with E-state index in [2.05, 4.69) is 4.90 Å². The van der Waals surface area contributed by atoms with Crippen molar-refractivity contribution in [2.45, 2.75) is 32.1 Å². The molecule has 2 aliphatic rings. The van der Waals surface area contributed by atoms with Crippen LogP contribution in [0.25, 0.3) is 0 Å². The first-order valence-corrected chi connectivity index (χ1v) is 10.6.